The highest BCUT2D eigenvalue weighted by Gasteiger charge is 2.27. The number of rotatable bonds is 4. The number of hydrogen-bond donors (Lipinski definition) is 2. The van der Waals surface area contributed by atoms with Crippen molar-refractivity contribution in [3.05, 3.63) is 53.1 Å². The van der Waals surface area contributed by atoms with Crippen molar-refractivity contribution in [3.8, 4) is 22.9 Å². The number of thioether (sulfide) groups is 1. The third-order valence-electron chi connectivity index (χ3n) is 4.06. The SMILES string of the molecule is CCCSc1nnc2c(n1)O[C@@H](c1cccc(O)c1Cl)Nc1ccccc1-2. The summed E-state index contributed by atoms with van der Waals surface area (Å²) in [6.07, 6.45) is 0.380. The normalized spacial score (nSPS) is 15.1. The number of phenols is 1. The van der Waals surface area contributed by atoms with E-state index in [0.29, 0.717) is 22.3 Å². The van der Waals surface area contributed by atoms with Crippen LogP contribution >= 0.6 is 23.4 Å². The van der Waals surface area contributed by atoms with Gasteiger partial charge >= 0.3 is 0 Å². The van der Waals surface area contributed by atoms with Gasteiger partial charge in [0.2, 0.25) is 11.0 Å². The zero-order valence-electron chi connectivity index (χ0n) is 14.5. The first-order chi connectivity index (χ1) is 13.2. The summed E-state index contributed by atoms with van der Waals surface area (Å²) in [5, 5.41) is 22.7. The molecule has 0 aliphatic carbocycles. The molecule has 0 bridgehead atoms. The van der Waals surface area contributed by atoms with Crippen LogP contribution in [0.5, 0.6) is 11.6 Å². The number of para-hydroxylation sites is 1. The summed E-state index contributed by atoms with van der Waals surface area (Å²) in [5.41, 5.74) is 2.85. The summed E-state index contributed by atoms with van der Waals surface area (Å²) in [5.74, 6) is 1.28. The molecule has 27 heavy (non-hydrogen) atoms. The fourth-order valence-corrected chi connectivity index (χ4v) is 3.64. The standard InChI is InChI=1S/C19H17ClN4O2S/c1-2-10-27-19-22-18-16(23-24-19)11-6-3-4-8-13(11)21-17(26-18)12-7-5-9-14(25)15(12)20/h3-9,17,21,25H,2,10H2,1H3/t17-/m0/s1. The second-order valence-electron chi connectivity index (χ2n) is 5.96. The van der Waals surface area contributed by atoms with E-state index in [0.717, 1.165) is 23.4 Å². The molecule has 1 aromatic heterocycles. The van der Waals surface area contributed by atoms with Gasteiger partial charge < -0.3 is 15.2 Å². The smallest absolute Gasteiger partial charge is 0.247 e. The minimum absolute atomic E-state index is 0.00248. The Kier molecular flexibility index (Phi) is 5.05. The van der Waals surface area contributed by atoms with Crippen LogP contribution in [0.15, 0.2) is 47.6 Å². The number of ether oxygens (including phenoxy) is 1. The third-order valence-corrected chi connectivity index (χ3v) is 5.51. The van der Waals surface area contributed by atoms with Gasteiger partial charge in [0, 0.05) is 22.6 Å². The van der Waals surface area contributed by atoms with E-state index < -0.39 is 6.23 Å². The van der Waals surface area contributed by atoms with Crippen molar-refractivity contribution in [1.82, 2.24) is 15.2 Å². The van der Waals surface area contributed by atoms with Gasteiger partial charge in [-0.15, -0.1) is 10.2 Å². The van der Waals surface area contributed by atoms with Crippen LogP contribution in [0.2, 0.25) is 5.02 Å². The number of anilines is 1. The molecule has 8 heteroatoms. The van der Waals surface area contributed by atoms with Gasteiger partial charge in [-0.1, -0.05) is 60.6 Å². The zero-order chi connectivity index (χ0) is 18.8. The molecule has 0 saturated carbocycles. The summed E-state index contributed by atoms with van der Waals surface area (Å²) < 4.78 is 6.15. The molecule has 2 heterocycles. The van der Waals surface area contributed by atoms with Crippen LogP contribution < -0.4 is 10.1 Å². The maximum atomic E-state index is 9.98. The number of aromatic nitrogens is 3. The minimum Gasteiger partial charge on any atom is -0.506 e. The van der Waals surface area contributed by atoms with E-state index in [9.17, 15) is 5.11 Å². The Hall–Kier alpha value is -2.51. The largest absolute Gasteiger partial charge is 0.506 e. The Morgan fingerprint density at radius 3 is 2.89 bits per heavy atom. The highest BCUT2D eigenvalue weighted by molar-refractivity contribution is 7.99. The van der Waals surface area contributed by atoms with E-state index >= 15 is 0 Å². The first-order valence-electron chi connectivity index (χ1n) is 8.55. The van der Waals surface area contributed by atoms with E-state index in [1.807, 2.05) is 24.3 Å². The number of aromatic hydroxyl groups is 1. The molecule has 0 amide bonds. The molecule has 0 saturated heterocycles. The van der Waals surface area contributed by atoms with Crippen LogP contribution in [0.3, 0.4) is 0 Å². The lowest BCUT2D eigenvalue weighted by Gasteiger charge is -2.20. The van der Waals surface area contributed by atoms with Gasteiger partial charge in [-0.05, 0) is 18.6 Å². The number of halogens is 1. The van der Waals surface area contributed by atoms with Crippen molar-refractivity contribution in [2.75, 3.05) is 11.1 Å². The fraction of sp³-hybridized carbons (Fsp3) is 0.211. The molecule has 0 radical (unpaired) electrons. The predicted molar refractivity (Wildman–Crippen MR) is 106 cm³/mol. The Balaban J connectivity index is 1.82. The molecule has 1 aliphatic heterocycles. The Labute approximate surface area is 166 Å². The lowest BCUT2D eigenvalue weighted by atomic mass is 10.1. The monoisotopic (exact) mass is 400 g/mol. The number of nitrogens with one attached hydrogen (secondary N) is 1. The summed E-state index contributed by atoms with van der Waals surface area (Å²) >= 11 is 7.84. The lowest BCUT2D eigenvalue weighted by molar-refractivity contribution is 0.225. The molecule has 0 fully saturated rings. The lowest BCUT2D eigenvalue weighted by Crippen LogP contribution is -2.17. The molecule has 2 N–H and O–H groups in total. The number of fused-ring (bicyclic) bond motifs is 3. The molecule has 1 atom stereocenters. The van der Waals surface area contributed by atoms with Gasteiger partial charge in [-0.25, -0.2) is 0 Å². The predicted octanol–water partition coefficient (Wildman–Crippen LogP) is 4.90. The van der Waals surface area contributed by atoms with Crippen molar-refractivity contribution in [2.45, 2.75) is 24.7 Å². The summed E-state index contributed by atoms with van der Waals surface area (Å²) in [6, 6.07) is 12.8. The maximum Gasteiger partial charge on any atom is 0.247 e. The maximum absolute atomic E-state index is 9.98. The Bertz CT molecular complexity index is 986. The highest BCUT2D eigenvalue weighted by atomic mass is 35.5. The molecule has 6 nitrogen and oxygen atoms in total. The number of nitrogens with zero attached hydrogens (tertiary/aromatic N) is 3. The molecule has 0 spiro atoms. The molecule has 2 aromatic carbocycles. The fourth-order valence-electron chi connectivity index (χ4n) is 2.78. The number of phenolic OH excluding ortho intramolecular Hbond substituents is 1. The van der Waals surface area contributed by atoms with Gasteiger partial charge in [0.05, 0.1) is 5.02 Å². The van der Waals surface area contributed by atoms with E-state index in [1.165, 1.54) is 17.8 Å². The summed E-state index contributed by atoms with van der Waals surface area (Å²) in [4.78, 5) is 4.56. The third kappa shape index (κ3) is 3.52. The van der Waals surface area contributed by atoms with Crippen LogP contribution in [0.1, 0.15) is 25.1 Å². The van der Waals surface area contributed by atoms with Crippen molar-refractivity contribution in [2.24, 2.45) is 0 Å². The zero-order valence-corrected chi connectivity index (χ0v) is 16.1. The second kappa shape index (κ2) is 7.62. The van der Waals surface area contributed by atoms with Crippen molar-refractivity contribution < 1.29 is 9.84 Å². The van der Waals surface area contributed by atoms with Crippen molar-refractivity contribution >= 4 is 29.1 Å². The van der Waals surface area contributed by atoms with Crippen LogP contribution in [0.4, 0.5) is 5.69 Å². The van der Waals surface area contributed by atoms with Crippen molar-refractivity contribution in [3.63, 3.8) is 0 Å². The van der Waals surface area contributed by atoms with E-state index in [2.05, 4.69) is 27.4 Å². The summed E-state index contributed by atoms with van der Waals surface area (Å²) in [6.45, 7) is 2.10. The average Bonchev–Trinajstić information content (AvgIpc) is 2.84. The minimum atomic E-state index is -0.632. The van der Waals surface area contributed by atoms with Gasteiger partial charge in [-0.2, -0.15) is 4.98 Å². The number of hydrogen-bond acceptors (Lipinski definition) is 7. The topological polar surface area (TPSA) is 80.2 Å². The Morgan fingerprint density at radius 2 is 2.04 bits per heavy atom. The Morgan fingerprint density at radius 1 is 1.19 bits per heavy atom. The second-order valence-corrected chi connectivity index (χ2v) is 7.40. The van der Waals surface area contributed by atoms with Gasteiger partial charge in [-0.3, -0.25) is 0 Å². The van der Waals surface area contributed by atoms with Crippen LogP contribution in [0, 0.1) is 0 Å². The molecule has 138 valence electrons. The van der Waals surface area contributed by atoms with Crippen LogP contribution in [0.25, 0.3) is 11.3 Å². The first-order valence-corrected chi connectivity index (χ1v) is 9.91. The van der Waals surface area contributed by atoms with Crippen LogP contribution in [-0.2, 0) is 0 Å². The van der Waals surface area contributed by atoms with Gasteiger partial charge in [0.15, 0.2) is 11.9 Å². The quantitative estimate of drug-likeness (QED) is 0.602. The van der Waals surface area contributed by atoms with Gasteiger partial charge in [0.1, 0.15) is 5.75 Å². The molecule has 3 aromatic rings. The average molecular weight is 401 g/mol. The van der Waals surface area contributed by atoms with E-state index in [-0.39, 0.29) is 10.8 Å². The van der Waals surface area contributed by atoms with Crippen molar-refractivity contribution in [1.29, 1.82) is 0 Å². The summed E-state index contributed by atoms with van der Waals surface area (Å²) in [7, 11) is 0. The molecular weight excluding hydrogens is 384 g/mol. The van der Waals surface area contributed by atoms with E-state index in [1.54, 1.807) is 12.1 Å². The van der Waals surface area contributed by atoms with Gasteiger partial charge in [0.25, 0.3) is 0 Å². The molecule has 4 rings (SSSR count). The van der Waals surface area contributed by atoms with E-state index in [4.69, 9.17) is 16.3 Å². The molecule has 1 aliphatic rings. The first kappa shape index (κ1) is 17.9. The molecule has 0 unspecified atom stereocenters. The van der Waals surface area contributed by atoms with Crippen LogP contribution in [-0.4, -0.2) is 26.0 Å². The molecular formula is C19H17ClN4O2S. The highest BCUT2D eigenvalue weighted by Crippen LogP contribution is 2.41. The number of benzene rings is 2.